The number of hydrogen-bond acceptors (Lipinski definition) is 2. The molecule has 0 saturated carbocycles. The largest absolute Gasteiger partial charge is 0.385 e. The van der Waals surface area contributed by atoms with Crippen LogP contribution in [0.3, 0.4) is 0 Å². The molecule has 2 nitrogen and oxygen atoms in total. The summed E-state index contributed by atoms with van der Waals surface area (Å²) in [5.41, 5.74) is 7.02. The summed E-state index contributed by atoms with van der Waals surface area (Å²) in [6, 6.07) is 6.31. The Morgan fingerprint density at radius 3 is 2.47 bits per heavy atom. The Bertz CT molecular complexity index is 286. The molecule has 3 heteroatoms. The van der Waals surface area contributed by atoms with Crippen LogP contribution in [0, 0.1) is 11.7 Å². The number of rotatable bonds is 5. The van der Waals surface area contributed by atoms with E-state index in [9.17, 15) is 4.39 Å². The second-order valence-corrected chi connectivity index (χ2v) is 3.84. The maximum atomic E-state index is 12.7. The van der Waals surface area contributed by atoms with Crippen molar-refractivity contribution in [3.8, 4) is 0 Å². The van der Waals surface area contributed by atoms with Crippen molar-refractivity contribution in [3.05, 3.63) is 35.6 Å². The molecule has 84 valence electrons. The Morgan fingerprint density at radius 1 is 1.33 bits per heavy atom. The van der Waals surface area contributed by atoms with Crippen LogP contribution >= 0.6 is 0 Å². The Hall–Kier alpha value is -0.930. The van der Waals surface area contributed by atoms with E-state index in [1.807, 2.05) is 0 Å². The molecule has 1 rings (SSSR count). The molecule has 0 fully saturated rings. The van der Waals surface area contributed by atoms with Crippen LogP contribution < -0.4 is 5.73 Å². The van der Waals surface area contributed by atoms with Gasteiger partial charge in [0.25, 0.3) is 0 Å². The fraction of sp³-hybridized carbons (Fsp3) is 0.500. The first-order valence-electron chi connectivity index (χ1n) is 5.15. The summed E-state index contributed by atoms with van der Waals surface area (Å²) < 4.78 is 17.7. The average molecular weight is 211 g/mol. The average Bonchev–Trinajstić information content (AvgIpc) is 2.26. The second-order valence-electron chi connectivity index (χ2n) is 3.84. The van der Waals surface area contributed by atoms with Gasteiger partial charge < -0.3 is 10.5 Å². The molecule has 0 spiro atoms. The zero-order valence-corrected chi connectivity index (χ0v) is 9.24. The molecule has 1 aromatic carbocycles. The van der Waals surface area contributed by atoms with Gasteiger partial charge in [-0.05, 0) is 30.0 Å². The van der Waals surface area contributed by atoms with Gasteiger partial charge in [0.15, 0.2) is 0 Å². The summed E-state index contributed by atoms with van der Waals surface area (Å²) in [5.74, 6) is 0.103. The predicted octanol–water partition coefficient (Wildman–Crippen LogP) is 2.50. The van der Waals surface area contributed by atoms with Gasteiger partial charge in [-0.15, -0.1) is 0 Å². The lowest BCUT2D eigenvalue weighted by molar-refractivity contribution is 0.174. The van der Waals surface area contributed by atoms with Crippen molar-refractivity contribution in [1.29, 1.82) is 0 Å². The predicted molar refractivity (Wildman–Crippen MR) is 59.0 cm³/mol. The van der Waals surface area contributed by atoms with Crippen LogP contribution in [0.2, 0.25) is 0 Å². The summed E-state index contributed by atoms with van der Waals surface area (Å²) in [5, 5.41) is 0. The molecule has 0 aliphatic carbocycles. The van der Waals surface area contributed by atoms with E-state index in [0.717, 1.165) is 12.0 Å². The zero-order chi connectivity index (χ0) is 11.3. The third-order valence-corrected chi connectivity index (χ3v) is 2.65. The fourth-order valence-corrected chi connectivity index (χ4v) is 1.50. The molecule has 2 unspecified atom stereocenters. The van der Waals surface area contributed by atoms with E-state index in [2.05, 4.69) is 6.92 Å². The van der Waals surface area contributed by atoms with Crippen LogP contribution in [0.4, 0.5) is 4.39 Å². The monoisotopic (exact) mass is 211 g/mol. The lowest BCUT2D eigenvalue weighted by Gasteiger charge is -2.19. The third-order valence-electron chi connectivity index (χ3n) is 2.65. The summed E-state index contributed by atoms with van der Waals surface area (Å²) in [6.45, 7) is 2.78. The topological polar surface area (TPSA) is 35.2 Å². The standard InChI is InChI=1S/C12H18FNO/c1-9(7-8-15-2)12(14)10-3-5-11(13)6-4-10/h3-6,9,12H,7-8,14H2,1-2H3. The summed E-state index contributed by atoms with van der Waals surface area (Å²) in [6.07, 6.45) is 0.912. The summed E-state index contributed by atoms with van der Waals surface area (Å²) in [7, 11) is 1.68. The quantitative estimate of drug-likeness (QED) is 0.812. The van der Waals surface area contributed by atoms with E-state index >= 15 is 0 Å². The van der Waals surface area contributed by atoms with Crippen LogP contribution in [0.25, 0.3) is 0 Å². The van der Waals surface area contributed by atoms with E-state index in [-0.39, 0.29) is 11.9 Å². The van der Waals surface area contributed by atoms with E-state index in [1.165, 1.54) is 12.1 Å². The van der Waals surface area contributed by atoms with Gasteiger partial charge >= 0.3 is 0 Å². The van der Waals surface area contributed by atoms with Gasteiger partial charge in [0.2, 0.25) is 0 Å². The number of halogens is 1. The molecular weight excluding hydrogens is 193 g/mol. The van der Waals surface area contributed by atoms with Crippen LogP contribution in [-0.2, 0) is 4.74 Å². The normalized spacial score (nSPS) is 14.9. The lowest BCUT2D eigenvalue weighted by atomic mass is 9.93. The van der Waals surface area contributed by atoms with Crippen LogP contribution in [0.1, 0.15) is 24.9 Å². The van der Waals surface area contributed by atoms with Crippen LogP contribution in [0.15, 0.2) is 24.3 Å². The molecule has 2 N–H and O–H groups in total. The first-order valence-corrected chi connectivity index (χ1v) is 5.15. The number of nitrogens with two attached hydrogens (primary N) is 1. The van der Waals surface area contributed by atoms with Gasteiger partial charge in [0.1, 0.15) is 5.82 Å². The van der Waals surface area contributed by atoms with Crippen molar-refractivity contribution in [2.75, 3.05) is 13.7 Å². The van der Waals surface area contributed by atoms with Gasteiger partial charge in [0, 0.05) is 19.8 Å². The number of hydrogen-bond donors (Lipinski definition) is 1. The van der Waals surface area contributed by atoms with Crippen molar-refractivity contribution in [2.45, 2.75) is 19.4 Å². The summed E-state index contributed by atoms with van der Waals surface area (Å²) in [4.78, 5) is 0. The highest BCUT2D eigenvalue weighted by Gasteiger charge is 2.14. The Morgan fingerprint density at radius 2 is 1.93 bits per heavy atom. The van der Waals surface area contributed by atoms with E-state index < -0.39 is 0 Å². The number of methoxy groups -OCH3 is 1. The van der Waals surface area contributed by atoms with Crippen molar-refractivity contribution >= 4 is 0 Å². The number of ether oxygens (including phenoxy) is 1. The Labute approximate surface area is 90.2 Å². The van der Waals surface area contributed by atoms with Crippen molar-refractivity contribution in [3.63, 3.8) is 0 Å². The first kappa shape index (κ1) is 12.1. The smallest absolute Gasteiger partial charge is 0.123 e. The minimum atomic E-state index is -0.226. The van der Waals surface area contributed by atoms with Gasteiger partial charge in [-0.25, -0.2) is 4.39 Å². The van der Waals surface area contributed by atoms with Crippen molar-refractivity contribution in [1.82, 2.24) is 0 Å². The minimum absolute atomic E-state index is 0.0549. The molecule has 0 heterocycles. The van der Waals surface area contributed by atoms with Crippen LogP contribution in [-0.4, -0.2) is 13.7 Å². The molecule has 2 atom stereocenters. The van der Waals surface area contributed by atoms with Gasteiger partial charge in [-0.2, -0.15) is 0 Å². The SMILES string of the molecule is COCCC(C)C(N)c1ccc(F)cc1. The lowest BCUT2D eigenvalue weighted by Crippen LogP contribution is -2.20. The maximum Gasteiger partial charge on any atom is 0.123 e. The van der Waals surface area contributed by atoms with Gasteiger partial charge in [-0.3, -0.25) is 0 Å². The second kappa shape index (κ2) is 5.83. The Balaban J connectivity index is 2.59. The highest BCUT2D eigenvalue weighted by molar-refractivity contribution is 5.19. The fourth-order valence-electron chi connectivity index (χ4n) is 1.50. The first-order chi connectivity index (χ1) is 7.15. The van der Waals surface area contributed by atoms with E-state index in [1.54, 1.807) is 19.2 Å². The zero-order valence-electron chi connectivity index (χ0n) is 9.24. The van der Waals surface area contributed by atoms with E-state index in [4.69, 9.17) is 10.5 Å². The van der Waals surface area contributed by atoms with Crippen molar-refractivity contribution < 1.29 is 9.13 Å². The third kappa shape index (κ3) is 3.61. The molecule has 0 aromatic heterocycles. The summed E-state index contributed by atoms with van der Waals surface area (Å²) >= 11 is 0. The molecule has 15 heavy (non-hydrogen) atoms. The molecular formula is C12H18FNO. The maximum absolute atomic E-state index is 12.7. The molecule has 1 aromatic rings. The minimum Gasteiger partial charge on any atom is -0.385 e. The van der Waals surface area contributed by atoms with Crippen LogP contribution in [0.5, 0.6) is 0 Å². The molecule has 0 bridgehead atoms. The highest BCUT2D eigenvalue weighted by Crippen LogP contribution is 2.21. The van der Waals surface area contributed by atoms with Gasteiger partial charge in [-0.1, -0.05) is 19.1 Å². The van der Waals surface area contributed by atoms with Gasteiger partial charge in [0.05, 0.1) is 0 Å². The van der Waals surface area contributed by atoms with E-state index in [0.29, 0.717) is 12.5 Å². The highest BCUT2D eigenvalue weighted by atomic mass is 19.1. The number of benzene rings is 1. The molecule has 0 aliphatic rings. The molecule has 0 aliphatic heterocycles. The Kier molecular flexibility index (Phi) is 4.72. The molecule has 0 radical (unpaired) electrons. The molecule has 0 saturated heterocycles. The molecule has 0 amide bonds. The van der Waals surface area contributed by atoms with Crippen molar-refractivity contribution in [2.24, 2.45) is 11.7 Å².